The summed E-state index contributed by atoms with van der Waals surface area (Å²) in [6, 6.07) is 78.7. The Morgan fingerprint density at radius 2 is 0.882 bits per heavy atom. The Morgan fingerprint density at radius 3 is 1.62 bits per heavy atom. The lowest BCUT2D eigenvalue weighted by molar-refractivity contribution is 0.667. The number of benzene rings is 10. The first-order valence-electron chi connectivity index (χ1n) is 23.1. The highest BCUT2D eigenvalue weighted by atomic mass is 16.3. The third-order valence-electron chi connectivity index (χ3n) is 14.2. The molecule has 5 aromatic heterocycles. The molecule has 0 radical (unpaired) electrons. The van der Waals surface area contributed by atoms with Crippen molar-refractivity contribution < 1.29 is 4.42 Å². The minimum Gasteiger partial charge on any atom is -0.452 e. The van der Waals surface area contributed by atoms with Crippen LogP contribution in [-0.2, 0) is 0 Å². The van der Waals surface area contributed by atoms with E-state index in [1.54, 1.807) is 6.33 Å². The molecular formula is C62H37N5O. The maximum Gasteiger partial charge on any atom is 0.180 e. The fourth-order valence-electron chi connectivity index (χ4n) is 11.2. The van der Waals surface area contributed by atoms with Gasteiger partial charge in [0.05, 0.1) is 38.8 Å². The summed E-state index contributed by atoms with van der Waals surface area (Å²) in [5, 5.41) is 10.5. The minimum atomic E-state index is 0.671. The van der Waals surface area contributed by atoms with Crippen LogP contribution < -0.4 is 0 Å². The largest absolute Gasteiger partial charge is 0.452 e. The second-order valence-corrected chi connectivity index (χ2v) is 17.7. The summed E-state index contributed by atoms with van der Waals surface area (Å²) in [7, 11) is 0. The normalized spacial score (nSPS) is 12.1. The van der Waals surface area contributed by atoms with E-state index in [-0.39, 0.29) is 0 Å². The van der Waals surface area contributed by atoms with Crippen LogP contribution in [0.3, 0.4) is 0 Å². The van der Waals surface area contributed by atoms with E-state index in [9.17, 15) is 0 Å². The van der Waals surface area contributed by atoms with E-state index in [4.69, 9.17) is 14.4 Å². The molecule has 316 valence electrons. The summed E-state index contributed by atoms with van der Waals surface area (Å²) < 4.78 is 13.9. The van der Waals surface area contributed by atoms with Gasteiger partial charge in [-0.05, 0) is 95.4 Å². The lowest BCUT2D eigenvalue weighted by atomic mass is 9.99. The fourth-order valence-corrected chi connectivity index (χ4v) is 11.2. The summed E-state index contributed by atoms with van der Waals surface area (Å²) in [4.78, 5) is 9.82. The third kappa shape index (κ3) is 5.22. The van der Waals surface area contributed by atoms with Gasteiger partial charge in [-0.2, -0.15) is 0 Å². The van der Waals surface area contributed by atoms with Crippen LogP contribution in [0.5, 0.6) is 0 Å². The highest BCUT2D eigenvalue weighted by molar-refractivity contribution is 6.16. The van der Waals surface area contributed by atoms with E-state index in [2.05, 4.69) is 232 Å². The van der Waals surface area contributed by atoms with E-state index < -0.39 is 0 Å². The summed E-state index contributed by atoms with van der Waals surface area (Å²) in [6.07, 6.45) is 1.67. The third-order valence-corrected chi connectivity index (χ3v) is 14.2. The Bertz CT molecular complexity index is 4510. The maximum atomic E-state index is 6.74. The van der Waals surface area contributed by atoms with Crippen molar-refractivity contribution in [3.63, 3.8) is 0 Å². The highest BCUT2D eigenvalue weighted by Gasteiger charge is 2.21. The number of hydrogen-bond acceptors (Lipinski definition) is 3. The predicted molar refractivity (Wildman–Crippen MR) is 281 cm³/mol. The van der Waals surface area contributed by atoms with Crippen LogP contribution in [0.25, 0.3) is 138 Å². The van der Waals surface area contributed by atoms with E-state index in [1.807, 2.05) is 0 Å². The quantitative estimate of drug-likeness (QED) is 0.173. The summed E-state index contributed by atoms with van der Waals surface area (Å²) in [5.74, 6) is 0. The van der Waals surface area contributed by atoms with Crippen LogP contribution in [0.1, 0.15) is 0 Å². The van der Waals surface area contributed by atoms with Crippen molar-refractivity contribution >= 4 is 98.3 Å². The maximum absolute atomic E-state index is 6.74. The predicted octanol–water partition coefficient (Wildman–Crippen LogP) is 16.2. The Balaban J connectivity index is 0.892. The van der Waals surface area contributed by atoms with E-state index >= 15 is 0 Å². The molecule has 15 rings (SSSR count). The zero-order valence-electron chi connectivity index (χ0n) is 36.5. The van der Waals surface area contributed by atoms with Gasteiger partial charge in [-0.15, -0.1) is 0 Å². The van der Waals surface area contributed by atoms with Crippen LogP contribution >= 0.6 is 0 Å². The average molecular weight is 868 g/mol. The standard InChI is InChI=1S/C62H37N5O/c1-2-14-40(15-3-1)65-54-25-10-7-19-47(54)50-34-38(29-32-57(50)65)39-28-31-48-46-18-6-11-26-55(46)67(58(48)35-39)56-27-13-20-42-43(56)21-12-22-49(42)60-62-61(64-37-63-60)51-36-41(30-33-59(51)68-62)66-52-23-8-4-16-44(52)45-17-5-9-24-53(45)66/h1-37H. The molecule has 0 N–H and O–H groups in total. The molecule has 0 fully saturated rings. The number of rotatable bonds is 5. The topological polar surface area (TPSA) is 53.7 Å². The summed E-state index contributed by atoms with van der Waals surface area (Å²) >= 11 is 0. The first-order chi connectivity index (χ1) is 33.7. The van der Waals surface area contributed by atoms with Crippen LogP contribution in [0, 0.1) is 0 Å². The molecule has 0 aliphatic carbocycles. The van der Waals surface area contributed by atoms with Crippen LogP contribution in [0.4, 0.5) is 0 Å². The molecule has 6 heteroatoms. The highest BCUT2D eigenvalue weighted by Crippen LogP contribution is 2.43. The van der Waals surface area contributed by atoms with Crippen molar-refractivity contribution in [2.75, 3.05) is 0 Å². The molecule has 0 atom stereocenters. The summed E-state index contributed by atoms with van der Waals surface area (Å²) in [6.45, 7) is 0. The molecular weight excluding hydrogens is 831 g/mol. The number of nitrogens with zero attached hydrogens (tertiary/aromatic N) is 5. The Morgan fingerprint density at radius 1 is 0.324 bits per heavy atom. The van der Waals surface area contributed by atoms with E-state index in [0.717, 1.165) is 83.2 Å². The smallest absolute Gasteiger partial charge is 0.180 e. The molecule has 6 nitrogen and oxygen atoms in total. The Kier molecular flexibility index (Phi) is 7.69. The van der Waals surface area contributed by atoms with Crippen molar-refractivity contribution in [2.45, 2.75) is 0 Å². The number of fused-ring (bicyclic) bond motifs is 13. The van der Waals surface area contributed by atoms with Crippen LogP contribution in [0.15, 0.2) is 229 Å². The SMILES string of the molecule is c1ccc(-n2c3ccccc3c3cc(-c4ccc5c6ccccc6n(-c6cccc7c(-c8ncnc9c8oc8ccc(-n%10c%11ccccc%11c%11ccccc%11%10)cc89)cccc67)c5c4)ccc32)cc1. The molecule has 0 saturated carbocycles. The summed E-state index contributed by atoms with van der Waals surface area (Å²) in [5.41, 5.74) is 16.6. The second-order valence-electron chi connectivity index (χ2n) is 17.7. The van der Waals surface area contributed by atoms with Gasteiger partial charge in [0.1, 0.15) is 23.1 Å². The molecule has 68 heavy (non-hydrogen) atoms. The van der Waals surface area contributed by atoms with Gasteiger partial charge in [-0.25, -0.2) is 9.97 Å². The molecule has 10 aromatic carbocycles. The first kappa shape index (κ1) is 37.0. The van der Waals surface area contributed by atoms with Gasteiger partial charge in [-0.1, -0.05) is 140 Å². The van der Waals surface area contributed by atoms with Gasteiger partial charge in [0.2, 0.25) is 0 Å². The Hall–Kier alpha value is -9.26. The van der Waals surface area contributed by atoms with Gasteiger partial charge in [0.15, 0.2) is 5.58 Å². The zero-order chi connectivity index (χ0) is 44.5. The number of hydrogen-bond donors (Lipinski definition) is 0. The molecule has 0 unspecified atom stereocenters. The minimum absolute atomic E-state index is 0.671. The molecule has 0 amide bonds. The Labute approximate surface area is 388 Å². The van der Waals surface area contributed by atoms with Gasteiger partial charge < -0.3 is 18.1 Å². The molecule has 15 aromatic rings. The molecule has 0 saturated heterocycles. The monoisotopic (exact) mass is 867 g/mol. The van der Waals surface area contributed by atoms with Gasteiger partial charge in [0.25, 0.3) is 0 Å². The molecule has 0 aliphatic heterocycles. The van der Waals surface area contributed by atoms with E-state index in [1.165, 1.54) is 48.9 Å². The van der Waals surface area contributed by atoms with Crippen molar-refractivity contribution in [3.05, 3.63) is 225 Å². The second kappa shape index (κ2) is 14.1. The van der Waals surface area contributed by atoms with Gasteiger partial charge in [0, 0.05) is 60.0 Å². The van der Waals surface area contributed by atoms with Crippen LogP contribution in [-0.4, -0.2) is 23.7 Å². The van der Waals surface area contributed by atoms with Gasteiger partial charge in [-0.3, -0.25) is 0 Å². The van der Waals surface area contributed by atoms with Crippen molar-refractivity contribution in [2.24, 2.45) is 0 Å². The average Bonchev–Trinajstić information content (AvgIpc) is 4.14. The van der Waals surface area contributed by atoms with Crippen molar-refractivity contribution in [1.82, 2.24) is 23.7 Å². The number of aromatic nitrogens is 5. The lowest BCUT2D eigenvalue weighted by Crippen LogP contribution is -1.96. The molecule has 0 bridgehead atoms. The van der Waals surface area contributed by atoms with Crippen LogP contribution in [0.2, 0.25) is 0 Å². The zero-order valence-corrected chi connectivity index (χ0v) is 36.5. The lowest BCUT2D eigenvalue weighted by Gasteiger charge is -2.14. The van der Waals surface area contributed by atoms with Crippen molar-refractivity contribution in [1.29, 1.82) is 0 Å². The fraction of sp³-hybridized carbons (Fsp3) is 0. The first-order valence-corrected chi connectivity index (χ1v) is 23.1. The van der Waals surface area contributed by atoms with E-state index in [0.29, 0.717) is 5.58 Å². The number of furan rings is 1. The molecule has 0 aliphatic rings. The molecule has 0 spiro atoms. The van der Waals surface area contributed by atoms with Crippen molar-refractivity contribution in [3.8, 4) is 39.4 Å². The van der Waals surface area contributed by atoms with Gasteiger partial charge >= 0.3 is 0 Å². The molecule has 5 heterocycles. The number of para-hydroxylation sites is 5.